The summed E-state index contributed by atoms with van der Waals surface area (Å²) in [6.45, 7) is 2.51. The lowest BCUT2D eigenvalue weighted by molar-refractivity contribution is 0.335. The summed E-state index contributed by atoms with van der Waals surface area (Å²) in [6, 6.07) is 10.8. The van der Waals surface area contributed by atoms with Gasteiger partial charge in [-0.25, -0.2) is 0 Å². The fourth-order valence-electron chi connectivity index (χ4n) is 1.98. The Morgan fingerprint density at radius 2 is 1.95 bits per heavy atom. The maximum Gasteiger partial charge on any atom is 0.124 e. The normalized spacial score (nSPS) is 12.2. The Balaban J connectivity index is 2.49. The Hall–Kier alpha value is -0.740. The zero-order valence-electron chi connectivity index (χ0n) is 10.9. The molecule has 5 heteroatoms. The molecule has 0 saturated carbocycles. The molecule has 0 saturated heterocycles. The Morgan fingerprint density at radius 1 is 1.20 bits per heavy atom. The van der Waals surface area contributed by atoms with E-state index in [1.54, 1.807) is 6.07 Å². The second kappa shape index (κ2) is 6.81. The molecule has 1 unspecified atom stereocenters. The van der Waals surface area contributed by atoms with E-state index < -0.39 is 6.04 Å². The number of benzene rings is 2. The van der Waals surface area contributed by atoms with Gasteiger partial charge in [0.1, 0.15) is 5.75 Å². The Morgan fingerprint density at radius 3 is 2.65 bits per heavy atom. The van der Waals surface area contributed by atoms with Crippen molar-refractivity contribution in [2.45, 2.75) is 13.0 Å². The molecule has 0 heterocycles. The van der Waals surface area contributed by atoms with Gasteiger partial charge >= 0.3 is 0 Å². The molecule has 2 aromatic rings. The minimum Gasteiger partial charge on any atom is -0.494 e. The van der Waals surface area contributed by atoms with Gasteiger partial charge in [-0.2, -0.15) is 0 Å². The molecular weight excluding hydrogens is 361 g/mol. The van der Waals surface area contributed by atoms with Crippen molar-refractivity contribution < 1.29 is 4.74 Å². The van der Waals surface area contributed by atoms with Gasteiger partial charge in [-0.15, -0.1) is 0 Å². The largest absolute Gasteiger partial charge is 0.494 e. The van der Waals surface area contributed by atoms with E-state index in [4.69, 9.17) is 33.7 Å². The molecule has 2 nitrogen and oxygen atoms in total. The van der Waals surface area contributed by atoms with E-state index in [9.17, 15) is 0 Å². The van der Waals surface area contributed by atoms with Gasteiger partial charge in [0.2, 0.25) is 0 Å². The fourth-order valence-corrected chi connectivity index (χ4v) is 2.78. The van der Waals surface area contributed by atoms with Gasteiger partial charge in [0.25, 0.3) is 0 Å². The van der Waals surface area contributed by atoms with E-state index in [2.05, 4.69) is 15.9 Å². The van der Waals surface area contributed by atoms with Crippen LogP contribution in [0.4, 0.5) is 0 Å². The van der Waals surface area contributed by atoms with Crippen molar-refractivity contribution in [2.24, 2.45) is 5.73 Å². The number of hydrogen-bond acceptors (Lipinski definition) is 2. The molecule has 0 spiro atoms. The Labute approximate surface area is 137 Å². The summed E-state index contributed by atoms with van der Waals surface area (Å²) in [5.41, 5.74) is 7.98. The van der Waals surface area contributed by atoms with E-state index in [-0.39, 0.29) is 0 Å². The number of halogens is 3. The second-order valence-electron chi connectivity index (χ2n) is 4.24. The molecule has 0 fully saturated rings. The monoisotopic (exact) mass is 373 g/mol. The first-order valence-corrected chi connectivity index (χ1v) is 7.71. The molecule has 0 aromatic heterocycles. The van der Waals surface area contributed by atoms with Crippen LogP contribution in [0.5, 0.6) is 5.75 Å². The maximum absolute atomic E-state index is 6.34. The first-order chi connectivity index (χ1) is 9.54. The first-order valence-electron chi connectivity index (χ1n) is 6.16. The molecule has 20 heavy (non-hydrogen) atoms. The summed E-state index contributed by atoms with van der Waals surface area (Å²) in [7, 11) is 0. The highest BCUT2D eigenvalue weighted by atomic mass is 79.9. The standard InChI is InChI=1S/C15H14BrCl2NO/c1-2-20-13-7-6-9(16)8-11(13)15(19)10-4-3-5-12(17)14(10)18/h3-8,15H,2,19H2,1H3. The van der Waals surface area contributed by atoms with Crippen LogP contribution in [0.3, 0.4) is 0 Å². The number of hydrogen-bond donors (Lipinski definition) is 1. The van der Waals surface area contributed by atoms with E-state index in [1.165, 1.54) is 0 Å². The third kappa shape index (κ3) is 3.29. The molecule has 2 rings (SSSR count). The first kappa shape index (κ1) is 15.6. The lowest BCUT2D eigenvalue weighted by atomic mass is 9.98. The highest BCUT2D eigenvalue weighted by Gasteiger charge is 2.18. The van der Waals surface area contributed by atoms with E-state index in [0.717, 1.165) is 21.3 Å². The van der Waals surface area contributed by atoms with Crippen molar-refractivity contribution in [1.29, 1.82) is 0 Å². The third-order valence-corrected chi connectivity index (χ3v) is 4.25. The summed E-state index contributed by atoms with van der Waals surface area (Å²) >= 11 is 15.7. The second-order valence-corrected chi connectivity index (χ2v) is 5.94. The van der Waals surface area contributed by atoms with E-state index in [0.29, 0.717) is 16.7 Å². The average molecular weight is 375 g/mol. The number of ether oxygens (including phenoxy) is 1. The third-order valence-electron chi connectivity index (χ3n) is 2.92. The highest BCUT2D eigenvalue weighted by molar-refractivity contribution is 9.10. The highest BCUT2D eigenvalue weighted by Crippen LogP contribution is 2.36. The summed E-state index contributed by atoms with van der Waals surface area (Å²) < 4.78 is 6.56. The molecule has 106 valence electrons. The molecule has 0 aliphatic carbocycles. The summed E-state index contributed by atoms with van der Waals surface area (Å²) in [5.74, 6) is 0.749. The van der Waals surface area contributed by atoms with Gasteiger partial charge in [0.05, 0.1) is 22.7 Å². The fraction of sp³-hybridized carbons (Fsp3) is 0.200. The van der Waals surface area contributed by atoms with Crippen molar-refractivity contribution in [3.8, 4) is 5.75 Å². The van der Waals surface area contributed by atoms with Gasteiger partial charge < -0.3 is 10.5 Å². The molecule has 0 amide bonds. The molecule has 1 atom stereocenters. The molecule has 0 radical (unpaired) electrons. The van der Waals surface area contributed by atoms with Gasteiger partial charge in [-0.3, -0.25) is 0 Å². The molecule has 0 bridgehead atoms. The summed E-state index contributed by atoms with van der Waals surface area (Å²) in [4.78, 5) is 0. The average Bonchev–Trinajstić information content (AvgIpc) is 2.43. The van der Waals surface area contributed by atoms with Crippen LogP contribution in [0.25, 0.3) is 0 Å². The van der Waals surface area contributed by atoms with Crippen LogP contribution < -0.4 is 10.5 Å². The minimum absolute atomic E-state index is 0.403. The Kier molecular flexibility index (Phi) is 5.33. The van der Waals surface area contributed by atoms with Crippen molar-refractivity contribution >= 4 is 39.1 Å². The molecule has 0 aliphatic heterocycles. The number of rotatable bonds is 4. The van der Waals surface area contributed by atoms with Crippen LogP contribution in [-0.2, 0) is 0 Å². The predicted octanol–water partition coefficient (Wildman–Crippen LogP) is 5.20. The smallest absolute Gasteiger partial charge is 0.124 e. The van der Waals surface area contributed by atoms with Gasteiger partial charge in [-0.1, -0.05) is 51.3 Å². The van der Waals surface area contributed by atoms with Crippen molar-refractivity contribution in [2.75, 3.05) is 6.61 Å². The van der Waals surface area contributed by atoms with Crippen LogP contribution in [-0.4, -0.2) is 6.61 Å². The topological polar surface area (TPSA) is 35.2 Å². The zero-order valence-corrected chi connectivity index (χ0v) is 14.0. The quantitative estimate of drug-likeness (QED) is 0.797. The van der Waals surface area contributed by atoms with Crippen molar-refractivity contribution in [1.82, 2.24) is 0 Å². The SMILES string of the molecule is CCOc1ccc(Br)cc1C(N)c1cccc(Cl)c1Cl. The summed E-state index contributed by atoms with van der Waals surface area (Å²) in [5, 5.41) is 0.969. The Bertz CT molecular complexity index is 619. The molecular formula is C15H14BrCl2NO. The van der Waals surface area contributed by atoms with E-state index >= 15 is 0 Å². The zero-order chi connectivity index (χ0) is 14.7. The summed E-state index contributed by atoms with van der Waals surface area (Å²) in [6.07, 6.45) is 0. The molecule has 0 aliphatic rings. The van der Waals surface area contributed by atoms with Gasteiger partial charge in [0.15, 0.2) is 0 Å². The van der Waals surface area contributed by atoms with Crippen LogP contribution >= 0.6 is 39.1 Å². The maximum atomic E-state index is 6.34. The van der Waals surface area contributed by atoms with Crippen molar-refractivity contribution in [3.63, 3.8) is 0 Å². The van der Waals surface area contributed by atoms with Crippen molar-refractivity contribution in [3.05, 3.63) is 62.0 Å². The van der Waals surface area contributed by atoms with E-state index in [1.807, 2.05) is 37.3 Å². The number of nitrogens with two attached hydrogens (primary N) is 1. The van der Waals surface area contributed by atoms with Gasteiger partial charge in [0, 0.05) is 10.0 Å². The minimum atomic E-state index is -0.403. The lowest BCUT2D eigenvalue weighted by Crippen LogP contribution is -2.14. The molecule has 2 aromatic carbocycles. The van der Waals surface area contributed by atoms with Gasteiger partial charge in [-0.05, 0) is 36.8 Å². The molecule has 2 N–H and O–H groups in total. The van der Waals surface area contributed by atoms with Crippen LogP contribution in [0.15, 0.2) is 40.9 Å². The predicted molar refractivity (Wildman–Crippen MR) is 87.8 cm³/mol. The van der Waals surface area contributed by atoms with Crippen LogP contribution in [0.1, 0.15) is 24.1 Å². The van der Waals surface area contributed by atoms with Crippen LogP contribution in [0.2, 0.25) is 10.0 Å². The van der Waals surface area contributed by atoms with Crippen LogP contribution in [0, 0.1) is 0 Å². The lowest BCUT2D eigenvalue weighted by Gasteiger charge is -2.19.